The number of rotatable bonds is 15. The van der Waals surface area contributed by atoms with Crippen molar-refractivity contribution in [3.63, 3.8) is 0 Å². The van der Waals surface area contributed by atoms with Gasteiger partial charge in [0.05, 0.1) is 29.1 Å². The number of nitrogens with two attached hydrogens (primary N) is 2. The van der Waals surface area contributed by atoms with E-state index in [2.05, 4.69) is 44.1 Å². The molecule has 0 bridgehead atoms. The molecule has 5 rings (SSSR count). The molecule has 0 aliphatic rings. The predicted molar refractivity (Wildman–Crippen MR) is 181 cm³/mol. The van der Waals surface area contributed by atoms with Crippen LogP contribution >= 0.6 is 11.6 Å². The van der Waals surface area contributed by atoms with E-state index in [9.17, 15) is 4.79 Å². The van der Waals surface area contributed by atoms with Crippen LogP contribution in [0.25, 0.3) is 28.0 Å². The number of benzene rings is 2. The number of fused-ring (bicyclic) bond motifs is 1. The van der Waals surface area contributed by atoms with Crippen LogP contribution in [0.1, 0.15) is 44.2 Å². The van der Waals surface area contributed by atoms with Gasteiger partial charge in [-0.05, 0) is 66.6 Å². The third kappa shape index (κ3) is 8.52. The summed E-state index contributed by atoms with van der Waals surface area (Å²) in [5, 5.41) is 3.94. The second-order valence-electron chi connectivity index (χ2n) is 11.6. The topological polar surface area (TPSA) is 165 Å². The van der Waals surface area contributed by atoms with Gasteiger partial charge in [0.15, 0.2) is 17.7 Å². The number of guanidine groups is 1. The average Bonchev–Trinajstić information content (AvgIpc) is 3.69. The van der Waals surface area contributed by atoms with Crippen LogP contribution in [0.15, 0.2) is 70.8 Å². The standard InChI is InChI=1S/C33H39ClFN9O2/c1-20(2)4-3-5-22-14-26(29(35)27(34)15-22)28-16-23-18-44(33(45)43-30(23)42-28)24-8-6-21(7-9-24)19-46-25(10-11-38-31(36)37)17-41-32-39-12-13-40-32/h6-9,12-16,18,20,25H,3-5,10-11,17,19H2,1-2H3,(H4,36,37,38)(H2,39,40,41)(H,42,43,45)/t25-/m1/s1. The summed E-state index contributed by atoms with van der Waals surface area (Å²) >= 11 is 6.27. The fraction of sp³-hybridized carbons (Fsp3) is 0.333. The highest BCUT2D eigenvalue weighted by Crippen LogP contribution is 2.31. The Balaban J connectivity index is 1.30. The zero-order valence-electron chi connectivity index (χ0n) is 25.9. The summed E-state index contributed by atoms with van der Waals surface area (Å²) in [6, 6.07) is 12.7. The van der Waals surface area contributed by atoms with Crippen molar-refractivity contribution >= 4 is 34.5 Å². The van der Waals surface area contributed by atoms with Gasteiger partial charge < -0.3 is 31.5 Å². The van der Waals surface area contributed by atoms with Gasteiger partial charge in [-0.1, -0.05) is 44.0 Å². The van der Waals surface area contributed by atoms with Crippen LogP contribution in [0.5, 0.6) is 0 Å². The molecule has 1 atom stereocenters. The minimum Gasteiger partial charge on any atom is -0.372 e. The van der Waals surface area contributed by atoms with Gasteiger partial charge >= 0.3 is 5.69 Å². The molecule has 7 N–H and O–H groups in total. The van der Waals surface area contributed by atoms with Crippen LogP contribution in [0, 0.1) is 11.7 Å². The van der Waals surface area contributed by atoms with Gasteiger partial charge in [-0.2, -0.15) is 4.98 Å². The third-order valence-electron chi connectivity index (χ3n) is 7.57. The van der Waals surface area contributed by atoms with E-state index in [1.807, 2.05) is 30.3 Å². The summed E-state index contributed by atoms with van der Waals surface area (Å²) in [7, 11) is 0. The molecule has 0 aliphatic heterocycles. The molecule has 3 heterocycles. The van der Waals surface area contributed by atoms with E-state index < -0.39 is 11.5 Å². The molecule has 13 heteroatoms. The van der Waals surface area contributed by atoms with E-state index in [1.54, 1.807) is 30.7 Å². The number of aliphatic imine (C=N–C) groups is 1. The number of nitrogens with one attached hydrogen (secondary N) is 3. The third-order valence-corrected chi connectivity index (χ3v) is 7.85. The van der Waals surface area contributed by atoms with Crippen molar-refractivity contribution in [2.45, 2.75) is 52.2 Å². The monoisotopic (exact) mass is 647 g/mol. The molecule has 0 spiro atoms. The summed E-state index contributed by atoms with van der Waals surface area (Å²) in [5.41, 5.74) is 14.2. The van der Waals surface area contributed by atoms with Gasteiger partial charge in [0.25, 0.3) is 0 Å². The number of imidazole rings is 1. The Morgan fingerprint density at radius 3 is 2.67 bits per heavy atom. The van der Waals surface area contributed by atoms with E-state index in [0.717, 1.165) is 30.4 Å². The highest BCUT2D eigenvalue weighted by molar-refractivity contribution is 6.31. The van der Waals surface area contributed by atoms with Crippen molar-refractivity contribution in [3.05, 3.63) is 93.5 Å². The molecular weight excluding hydrogens is 609 g/mol. The molecule has 0 radical (unpaired) electrons. The lowest BCUT2D eigenvalue weighted by Gasteiger charge is -2.18. The maximum absolute atomic E-state index is 15.1. The second kappa shape index (κ2) is 15.1. The summed E-state index contributed by atoms with van der Waals surface area (Å²) in [6.07, 6.45) is 8.37. The highest BCUT2D eigenvalue weighted by Gasteiger charge is 2.16. The lowest BCUT2D eigenvalue weighted by Crippen LogP contribution is -2.27. The number of hydrogen-bond acceptors (Lipinski definition) is 6. The fourth-order valence-corrected chi connectivity index (χ4v) is 5.39. The van der Waals surface area contributed by atoms with Crippen molar-refractivity contribution in [3.8, 4) is 16.9 Å². The molecule has 0 amide bonds. The lowest BCUT2D eigenvalue weighted by atomic mass is 10.00. The van der Waals surface area contributed by atoms with Gasteiger partial charge in [-0.15, -0.1) is 0 Å². The van der Waals surface area contributed by atoms with Gasteiger partial charge in [-0.3, -0.25) is 9.56 Å². The maximum atomic E-state index is 15.1. The quantitative estimate of drug-likeness (QED) is 0.0735. The zero-order valence-corrected chi connectivity index (χ0v) is 26.6. The normalized spacial score (nSPS) is 12.1. The van der Waals surface area contributed by atoms with Crippen molar-refractivity contribution in [2.75, 3.05) is 18.4 Å². The molecule has 3 aromatic heterocycles. The van der Waals surface area contributed by atoms with Gasteiger partial charge in [0.2, 0.25) is 0 Å². The lowest BCUT2D eigenvalue weighted by molar-refractivity contribution is 0.0452. The number of ether oxygens (including phenoxy) is 1. The molecule has 0 saturated carbocycles. The molecule has 2 aromatic carbocycles. The smallest absolute Gasteiger partial charge is 0.354 e. The first-order valence-electron chi connectivity index (χ1n) is 15.3. The molecule has 242 valence electrons. The Hall–Kier alpha value is -4.68. The predicted octanol–water partition coefficient (Wildman–Crippen LogP) is 5.54. The van der Waals surface area contributed by atoms with E-state index in [1.165, 1.54) is 4.57 Å². The number of hydrogen-bond donors (Lipinski definition) is 5. The van der Waals surface area contributed by atoms with Gasteiger partial charge in [-0.25, -0.2) is 14.2 Å². The zero-order chi connectivity index (χ0) is 32.6. The number of anilines is 1. The Bertz CT molecular complexity index is 1830. The fourth-order valence-electron chi connectivity index (χ4n) is 5.15. The van der Waals surface area contributed by atoms with Crippen molar-refractivity contribution in [1.29, 1.82) is 0 Å². The summed E-state index contributed by atoms with van der Waals surface area (Å²) in [6.45, 7) is 5.63. The Labute approximate surface area is 271 Å². The van der Waals surface area contributed by atoms with E-state index in [0.29, 0.717) is 66.0 Å². The average molecular weight is 648 g/mol. The highest BCUT2D eigenvalue weighted by atomic mass is 35.5. The van der Waals surface area contributed by atoms with Crippen molar-refractivity contribution in [1.82, 2.24) is 24.5 Å². The van der Waals surface area contributed by atoms with E-state index >= 15 is 4.39 Å². The molecule has 11 nitrogen and oxygen atoms in total. The molecule has 46 heavy (non-hydrogen) atoms. The minimum atomic E-state index is -0.510. The molecule has 0 aliphatic carbocycles. The van der Waals surface area contributed by atoms with Crippen molar-refractivity contribution in [2.24, 2.45) is 22.4 Å². The van der Waals surface area contributed by atoms with Gasteiger partial charge in [0.1, 0.15) is 5.65 Å². The van der Waals surface area contributed by atoms with E-state index in [4.69, 9.17) is 27.8 Å². The van der Waals surface area contributed by atoms with Crippen LogP contribution in [0.4, 0.5) is 10.3 Å². The summed E-state index contributed by atoms with van der Waals surface area (Å²) < 4.78 is 22.8. The van der Waals surface area contributed by atoms with Crippen molar-refractivity contribution < 1.29 is 9.13 Å². The number of aromatic nitrogens is 5. The second-order valence-corrected chi connectivity index (χ2v) is 12.0. The van der Waals surface area contributed by atoms with E-state index in [-0.39, 0.29) is 17.1 Å². The summed E-state index contributed by atoms with van der Waals surface area (Å²) in [5.74, 6) is 0.758. The van der Waals surface area contributed by atoms with Crippen LogP contribution in [-0.4, -0.2) is 49.7 Å². The molecule has 0 fully saturated rings. The molecule has 0 saturated heterocycles. The maximum Gasteiger partial charge on any atom is 0.354 e. The number of aryl methyl sites for hydroxylation is 1. The number of halogens is 2. The molecule has 5 aromatic rings. The first kappa shape index (κ1) is 32.7. The van der Waals surface area contributed by atoms with Crippen LogP contribution in [0.2, 0.25) is 5.02 Å². The van der Waals surface area contributed by atoms with Gasteiger partial charge in [0, 0.05) is 42.6 Å². The number of nitrogens with zero attached hydrogens (tertiary/aromatic N) is 4. The van der Waals surface area contributed by atoms with Crippen LogP contribution < -0.4 is 22.5 Å². The first-order valence-corrected chi connectivity index (χ1v) is 15.6. The summed E-state index contributed by atoms with van der Waals surface area (Å²) in [4.78, 5) is 31.6. The Morgan fingerprint density at radius 2 is 1.96 bits per heavy atom. The largest absolute Gasteiger partial charge is 0.372 e. The minimum absolute atomic E-state index is 0.0328. The number of H-pyrrole nitrogens is 2. The SMILES string of the molecule is CC(C)CCCc1cc(Cl)c(F)c(-c2cc3cn(-c4ccc(CO[C@H](CCN=C(N)N)CNc5ncc[nH]5)cc4)c(=O)nc3[nH]2)c1. The van der Waals surface area contributed by atoms with Crippen LogP contribution in [-0.2, 0) is 17.8 Å². The van der Waals surface area contributed by atoms with Crippen LogP contribution in [0.3, 0.4) is 0 Å². The molecule has 0 unspecified atom stereocenters. The Morgan fingerprint density at radius 1 is 1.15 bits per heavy atom. The first-order chi connectivity index (χ1) is 22.2. The Kier molecular flexibility index (Phi) is 10.7. The molecular formula is C33H39ClFN9O2. The number of aromatic amines is 2.